The number of anilines is 1. The number of amides is 1. The number of carbonyl (C=O) groups is 1. The number of fused-ring (bicyclic) bond motifs is 2. The van der Waals surface area contributed by atoms with Gasteiger partial charge in [-0.05, 0) is 37.5 Å². The minimum absolute atomic E-state index is 0.181. The van der Waals surface area contributed by atoms with Gasteiger partial charge in [0.1, 0.15) is 0 Å². The molecule has 2 N–H and O–H groups in total. The number of para-hydroxylation sites is 2. The molecule has 6 nitrogen and oxygen atoms in total. The highest BCUT2D eigenvalue weighted by atomic mass is 16.2. The fourth-order valence-electron chi connectivity index (χ4n) is 3.66. The standard InChI is InChI=1S/C20H17N5O/c26-20(22-16-10-4-6-13-12-21-23-18(13)16)19-15-9-5-11-17(15)25(24-19)14-7-2-1-3-8-14/h1-4,6-8,10,12H,5,9,11H2,(H,21,23)(H,22,26). The fourth-order valence-corrected chi connectivity index (χ4v) is 3.66. The van der Waals surface area contributed by atoms with Crippen LogP contribution < -0.4 is 5.32 Å². The Hall–Kier alpha value is -3.41. The van der Waals surface area contributed by atoms with Crippen LogP contribution in [0.15, 0.2) is 54.7 Å². The lowest BCUT2D eigenvalue weighted by molar-refractivity contribution is 0.102. The Balaban J connectivity index is 1.54. The molecular weight excluding hydrogens is 326 g/mol. The Morgan fingerprint density at radius 1 is 1.08 bits per heavy atom. The largest absolute Gasteiger partial charge is 0.319 e. The number of benzene rings is 2. The summed E-state index contributed by atoms with van der Waals surface area (Å²) in [6, 6.07) is 15.7. The van der Waals surface area contributed by atoms with Gasteiger partial charge in [-0.3, -0.25) is 9.89 Å². The van der Waals surface area contributed by atoms with Crippen LogP contribution in [0.5, 0.6) is 0 Å². The molecule has 2 aromatic carbocycles. The average molecular weight is 343 g/mol. The highest BCUT2D eigenvalue weighted by Gasteiger charge is 2.27. The van der Waals surface area contributed by atoms with Crippen molar-refractivity contribution in [2.75, 3.05) is 5.32 Å². The van der Waals surface area contributed by atoms with Crippen LogP contribution in [0.3, 0.4) is 0 Å². The molecule has 1 aliphatic carbocycles. The molecule has 0 unspecified atom stereocenters. The Morgan fingerprint density at radius 2 is 1.96 bits per heavy atom. The van der Waals surface area contributed by atoms with Crippen LogP contribution in [-0.4, -0.2) is 25.9 Å². The molecule has 2 aromatic heterocycles. The second-order valence-corrected chi connectivity index (χ2v) is 6.47. The van der Waals surface area contributed by atoms with Gasteiger partial charge in [-0.25, -0.2) is 4.68 Å². The molecule has 0 atom stereocenters. The van der Waals surface area contributed by atoms with Crippen molar-refractivity contribution in [3.63, 3.8) is 0 Å². The van der Waals surface area contributed by atoms with Crippen LogP contribution in [0.2, 0.25) is 0 Å². The number of aromatic amines is 1. The molecule has 1 aliphatic rings. The highest BCUT2D eigenvalue weighted by molar-refractivity contribution is 6.08. The topological polar surface area (TPSA) is 75.6 Å². The maximum absolute atomic E-state index is 13.0. The number of hydrogen-bond donors (Lipinski definition) is 2. The van der Waals surface area contributed by atoms with Crippen molar-refractivity contribution in [2.24, 2.45) is 0 Å². The Bertz CT molecular complexity index is 1110. The van der Waals surface area contributed by atoms with Gasteiger partial charge in [0.25, 0.3) is 5.91 Å². The van der Waals surface area contributed by atoms with E-state index in [2.05, 4.69) is 20.6 Å². The SMILES string of the molecule is O=C(Nc1cccc2cn[nH]c12)c1nn(-c2ccccc2)c2c1CCC2. The van der Waals surface area contributed by atoms with E-state index in [1.807, 2.05) is 53.2 Å². The van der Waals surface area contributed by atoms with Crippen molar-refractivity contribution < 1.29 is 4.79 Å². The quantitative estimate of drug-likeness (QED) is 0.598. The highest BCUT2D eigenvalue weighted by Crippen LogP contribution is 2.29. The predicted molar refractivity (Wildman–Crippen MR) is 99.6 cm³/mol. The number of rotatable bonds is 3. The van der Waals surface area contributed by atoms with Gasteiger partial charge >= 0.3 is 0 Å². The van der Waals surface area contributed by atoms with Crippen molar-refractivity contribution in [1.29, 1.82) is 0 Å². The second kappa shape index (κ2) is 5.84. The van der Waals surface area contributed by atoms with Crippen LogP contribution in [0.25, 0.3) is 16.6 Å². The lowest BCUT2D eigenvalue weighted by atomic mass is 10.1. The molecule has 128 valence electrons. The summed E-state index contributed by atoms with van der Waals surface area (Å²) < 4.78 is 1.91. The Kier molecular flexibility index (Phi) is 3.35. The summed E-state index contributed by atoms with van der Waals surface area (Å²) in [5.41, 5.74) is 5.23. The molecule has 4 aromatic rings. The first kappa shape index (κ1) is 14.9. The van der Waals surface area contributed by atoms with Crippen LogP contribution >= 0.6 is 0 Å². The Morgan fingerprint density at radius 3 is 2.85 bits per heavy atom. The Labute approximate surface area is 149 Å². The van der Waals surface area contributed by atoms with Gasteiger partial charge in [0.2, 0.25) is 0 Å². The zero-order valence-corrected chi connectivity index (χ0v) is 14.1. The first-order valence-electron chi connectivity index (χ1n) is 8.71. The van der Waals surface area contributed by atoms with Crippen molar-refractivity contribution in [2.45, 2.75) is 19.3 Å². The molecule has 0 fully saturated rings. The third kappa shape index (κ3) is 2.30. The lowest BCUT2D eigenvalue weighted by Crippen LogP contribution is -2.15. The summed E-state index contributed by atoms with van der Waals surface area (Å²) >= 11 is 0. The van der Waals surface area contributed by atoms with E-state index in [1.54, 1.807) is 6.20 Å². The number of carbonyl (C=O) groups excluding carboxylic acids is 1. The van der Waals surface area contributed by atoms with Crippen LogP contribution in [0.1, 0.15) is 28.2 Å². The molecule has 0 spiro atoms. The summed E-state index contributed by atoms with van der Waals surface area (Å²) in [5, 5.41) is 15.6. The van der Waals surface area contributed by atoms with Gasteiger partial charge in [0, 0.05) is 16.6 Å². The fraction of sp³-hybridized carbons (Fsp3) is 0.150. The number of hydrogen-bond acceptors (Lipinski definition) is 3. The van der Waals surface area contributed by atoms with Crippen LogP contribution in [0, 0.1) is 0 Å². The van der Waals surface area contributed by atoms with Crippen LogP contribution in [-0.2, 0) is 12.8 Å². The first-order valence-corrected chi connectivity index (χ1v) is 8.71. The minimum Gasteiger partial charge on any atom is -0.319 e. The van der Waals surface area contributed by atoms with Crippen molar-refractivity contribution in [1.82, 2.24) is 20.0 Å². The molecule has 0 saturated carbocycles. The van der Waals surface area contributed by atoms with E-state index in [4.69, 9.17) is 0 Å². The number of aromatic nitrogens is 4. The molecule has 0 saturated heterocycles. The van der Waals surface area contributed by atoms with Crippen molar-refractivity contribution in [3.05, 3.63) is 71.7 Å². The first-order chi connectivity index (χ1) is 12.8. The second-order valence-electron chi connectivity index (χ2n) is 6.47. The smallest absolute Gasteiger partial charge is 0.276 e. The summed E-state index contributed by atoms with van der Waals surface area (Å²) in [5.74, 6) is -0.181. The number of nitrogens with one attached hydrogen (secondary N) is 2. The van der Waals surface area contributed by atoms with Gasteiger partial charge in [-0.1, -0.05) is 30.3 Å². The predicted octanol–water partition coefficient (Wildman–Crippen LogP) is 3.49. The summed E-state index contributed by atoms with van der Waals surface area (Å²) in [6.45, 7) is 0. The zero-order chi connectivity index (χ0) is 17.5. The zero-order valence-electron chi connectivity index (χ0n) is 14.1. The van der Waals surface area contributed by atoms with Crippen molar-refractivity contribution >= 4 is 22.5 Å². The molecule has 5 rings (SSSR count). The van der Waals surface area contributed by atoms with Gasteiger partial charge < -0.3 is 5.32 Å². The normalized spacial score (nSPS) is 13.1. The van der Waals surface area contributed by atoms with E-state index in [0.29, 0.717) is 11.4 Å². The third-order valence-electron chi connectivity index (χ3n) is 4.87. The molecule has 0 radical (unpaired) electrons. The molecule has 0 bridgehead atoms. The van der Waals surface area contributed by atoms with Crippen molar-refractivity contribution in [3.8, 4) is 5.69 Å². The minimum atomic E-state index is -0.181. The molecule has 2 heterocycles. The van der Waals surface area contributed by atoms with E-state index in [1.165, 1.54) is 0 Å². The monoisotopic (exact) mass is 343 g/mol. The van der Waals surface area contributed by atoms with Gasteiger partial charge in [-0.2, -0.15) is 10.2 Å². The summed E-state index contributed by atoms with van der Waals surface area (Å²) in [6.07, 6.45) is 4.63. The molecule has 1 amide bonds. The average Bonchev–Trinajstić information content (AvgIpc) is 3.38. The third-order valence-corrected chi connectivity index (χ3v) is 4.87. The number of nitrogens with zero attached hydrogens (tertiary/aromatic N) is 3. The van der Waals surface area contributed by atoms with E-state index >= 15 is 0 Å². The van der Waals surface area contributed by atoms with Crippen LogP contribution in [0.4, 0.5) is 5.69 Å². The molecule has 0 aliphatic heterocycles. The van der Waals surface area contributed by atoms with Gasteiger partial charge in [-0.15, -0.1) is 0 Å². The molecule has 26 heavy (non-hydrogen) atoms. The molecule has 6 heteroatoms. The van der Waals surface area contributed by atoms with E-state index in [9.17, 15) is 4.79 Å². The van der Waals surface area contributed by atoms with E-state index in [0.717, 1.165) is 47.1 Å². The number of H-pyrrole nitrogens is 1. The lowest BCUT2D eigenvalue weighted by Gasteiger charge is -2.06. The van der Waals surface area contributed by atoms with E-state index < -0.39 is 0 Å². The van der Waals surface area contributed by atoms with Gasteiger partial charge in [0.05, 0.1) is 23.1 Å². The summed E-state index contributed by atoms with van der Waals surface area (Å²) in [4.78, 5) is 13.0. The van der Waals surface area contributed by atoms with Gasteiger partial charge in [0.15, 0.2) is 5.69 Å². The molecular formula is C20H17N5O. The summed E-state index contributed by atoms with van der Waals surface area (Å²) in [7, 11) is 0. The maximum atomic E-state index is 13.0. The maximum Gasteiger partial charge on any atom is 0.276 e. The van der Waals surface area contributed by atoms with E-state index in [-0.39, 0.29) is 5.91 Å².